The van der Waals surface area contributed by atoms with Crippen LogP contribution in [0.1, 0.15) is 39.0 Å². The number of amides is 4. The Hall–Kier alpha value is -2.63. The molecule has 0 aromatic carbocycles. The maximum Gasteiger partial charge on any atom is 0.405 e. The summed E-state index contributed by atoms with van der Waals surface area (Å²) >= 11 is 0. The average Bonchev–Trinajstić information content (AvgIpc) is 3.53. The number of hydrogen-bond acceptors (Lipinski definition) is 6. The van der Waals surface area contributed by atoms with Gasteiger partial charge in [0.15, 0.2) is 0 Å². The molecule has 0 unspecified atom stereocenters. The number of likely N-dealkylation sites (tertiary alicyclic amines) is 1. The Kier molecular flexibility index (Phi) is 5.56. The summed E-state index contributed by atoms with van der Waals surface area (Å²) in [6.45, 7) is 5.02. The molecule has 1 saturated heterocycles. The highest BCUT2D eigenvalue weighted by molar-refractivity contribution is 7.91. The van der Waals surface area contributed by atoms with E-state index in [0.717, 1.165) is 0 Å². The average molecular weight is 442 g/mol. The van der Waals surface area contributed by atoms with Crippen LogP contribution in [-0.4, -0.2) is 71.7 Å². The van der Waals surface area contributed by atoms with E-state index < -0.39 is 62.6 Å². The number of sulfonamides is 1. The van der Waals surface area contributed by atoms with Crippen molar-refractivity contribution in [1.82, 2.24) is 20.3 Å². The molecule has 2 aliphatic carbocycles. The van der Waals surface area contributed by atoms with E-state index >= 15 is 0 Å². The SMILES string of the molecule is C=C[C@@H]1C[C@]1(NC(=O)[C@@H]1CCCN1C(=O)CNC(=O)O)C(=O)NS(=O)(=O)C1(C)CC1. The van der Waals surface area contributed by atoms with Crippen LogP contribution < -0.4 is 15.4 Å². The van der Waals surface area contributed by atoms with Crippen LogP contribution in [0.5, 0.6) is 0 Å². The quantitative estimate of drug-likeness (QED) is 0.361. The Morgan fingerprint density at radius 3 is 2.47 bits per heavy atom. The van der Waals surface area contributed by atoms with Crippen LogP contribution in [0.4, 0.5) is 4.79 Å². The zero-order valence-corrected chi connectivity index (χ0v) is 17.5. The second-order valence-corrected chi connectivity index (χ2v) is 10.5. The summed E-state index contributed by atoms with van der Waals surface area (Å²) in [4.78, 5) is 49.8. The Morgan fingerprint density at radius 1 is 1.27 bits per heavy atom. The van der Waals surface area contributed by atoms with Crippen LogP contribution in [0.2, 0.25) is 0 Å². The monoisotopic (exact) mass is 442 g/mol. The number of rotatable bonds is 8. The fourth-order valence-electron chi connectivity index (χ4n) is 3.71. The second kappa shape index (κ2) is 7.56. The minimum absolute atomic E-state index is 0.210. The van der Waals surface area contributed by atoms with Gasteiger partial charge in [0.25, 0.3) is 5.91 Å². The number of carbonyl (C=O) groups is 4. The molecule has 12 heteroatoms. The highest BCUT2D eigenvalue weighted by Gasteiger charge is 2.62. The van der Waals surface area contributed by atoms with Crippen molar-refractivity contribution in [2.24, 2.45) is 5.92 Å². The number of carboxylic acid groups (broad SMARTS) is 1. The van der Waals surface area contributed by atoms with Crippen molar-refractivity contribution in [2.45, 2.75) is 55.4 Å². The smallest absolute Gasteiger partial charge is 0.405 e. The number of carbonyl (C=O) groups excluding carboxylic acids is 3. The van der Waals surface area contributed by atoms with E-state index in [-0.39, 0.29) is 13.0 Å². The molecule has 0 bridgehead atoms. The molecule has 166 valence electrons. The van der Waals surface area contributed by atoms with E-state index in [2.05, 4.69) is 16.6 Å². The van der Waals surface area contributed by atoms with Crippen molar-refractivity contribution >= 4 is 33.8 Å². The standard InChI is InChI=1S/C18H26N4O7S/c1-3-11-9-18(11,15(25)21-30(28,29)17(2)6-7-17)20-14(24)12-5-4-8-22(12)13(23)10-19-16(26)27/h3,11-12,19H,1,4-10H2,2H3,(H,20,24)(H,21,25)(H,26,27)/t11-,12+,18-/m1/s1. The summed E-state index contributed by atoms with van der Waals surface area (Å²) in [7, 11) is -3.87. The fraction of sp³-hybridized carbons (Fsp3) is 0.667. The van der Waals surface area contributed by atoms with Crippen LogP contribution in [0.3, 0.4) is 0 Å². The predicted molar refractivity (Wildman–Crippen MR) is 105 cm³/mol. The van der Waals surface area contributed by atoms with Crippen molar-refractivity contribution in [3.05, 3.63) is 12.7 Å². The van der Waals surface area contributed by atoms with Crippen molar-refractivity contribution in [3.63, 3.8) is 0 Å². The molecule has 3 aliphatic rings. The molecule has 2 saturated carbocycles. The molecule has 0 aromatic heterocycles. The van der Waals surface area contributed by atoms with E-state index in [4.69, 9.17) is 5.11 Å². The molecule has 0 spiro atoms. The van der Waals surface area contributed by atoms with Crippen molar-refractivity contribution in [1.29, 1.82) is 0 Å². The third-order valence-electron chi connectivity index (χ3n) is 6.15. The van der Waals surface area contributed by atoms with Crippen LogP contribution in [-0.2, 0) is 24.4 Å². The lowest BCUT2D eigenvalue weighted by Gasteiger charge is -2.27. The maximum atomic E-state index is 12.9. The number of hydrogen-bond donors (Lipinski definition) is 4. The predicted octanol–water partition coefficient (Wildman–Crippen LogP) is -0.696. The van der Waals surface area contributed by atoms with Gasteiger partial charge < -0.3 is 20.6 Å². The first-order chi connectivity index (χ1) is 14.0. The molecule has 0 aromatic rings. The van der Waals surface area contributed by atoms with Gasteiger partial charge in [0, 0.05) is 12.5 Å². The first kappa shape index (κ1) is 22.1. The van der Waals surface area contributed by atoms with Crippen LogP contribution in [0, 0.1) is 5.92 Å². The van der Waals surface area contributed by atoms with Crippen molar-refractivity contribution in [3.8, 4) is 0 Å². The highest BCUT2D eigenvalue weighted by atomic mass is 32.2. The van der Waals surface area contributed by atoms with Crippen molar-refractivity contribution < 1.29 is 32.7 Å². The Labute approximate surface area is 174 Å². The first-order valence-electron chi connectivity index (χ1n) is 9.73. The van der Waals surface area contributed by atoms with Gasteiger partial charge >= 0.3 is 6.09 Å². The van der Waals surface area contributed by atoms with Gasteiger partial charge in [-0.15, -0.1) is 6.58 Å². The Bertz CT molecular complexity index is 898. The summed E-state index contributed by atoms with van der Waals surface area (Å²) in [5.41, 5.74) is -1.42. The molecule has 1 heterocycles. The normalized spacial score (nSPS) is 28.9. The van der Waals surface area contributed by atoms with Gasteiger partial charge in [-0.05, 0) is 39.0 Å². The molecule has 4 amide bonds. The van der Waals surface area contributed by atoms with Crippen LogP contribution >= 0.6 is 0 Å². The van der Waals surface area contributed by atoms with Gasteiger partial charge in [-0.2, -0.15) is 0 Å². The summed E-state index contributed by atoms with van der Waals surface area (Å²) in [6.07, 6.45) is 2.18. The molecule has 11 nitrogen and oxygen atoms in total. The van der Waals surface area contributed by atoms with E-state index in [1.165, 1.54) is 11.0 Å². The molecule has 1 aliphatic heterocycles. The maximum absolute atomic E-state index is 12.9. The van der Waals surface area contributed by atoms with E-state index in [1.54, 1.807) is 6.92 Å². The minimum atomic E-state index is -3.87. The second-order valence-electron chi connectivity index (χ2n) is 8.30. The highest BCUT2D eigenvalue weighted by Crippen LogP contribution is 2.47. The molecule has 3 rings (SSSR count). The Morgan fingerprint density at radius 2 is 1.93 bits per heavy atom. The molecule has 30 heavy (non-hydrogen) atoms. The summed E-state index contributed by atoms with van der Waals surface area (Å²) in [5.74, 6) is -2.36. The van der Waals surface area contributed by atoms with Crippen LogP contribution in [0.25, 0.3) is 0 Å². The largest absolute Gasteiger partial charge is 0.465 e. The molecule has 3 atom stereocenters. The van der Waals surface area contributed by atoms with E-state index in [0.29, 0.717) is 25.7 Å². The lowest BCUT2D eigenvalue weighted by Crippen LogP contribution is -2.57. The molecular weight excluding hydrogens is 416 g/mol. The zero-order valence-electron chi connectivity index (χ0n) is 16.6. The lowest BCUT2D eigenvalue weighted by molar-refractivity contribution is -0.139. The summed E-state index contributed by atoms with van der Waals surface area (Å²) < 4.78 is 26.0. The number of nitrogens with one attached hydrogen (secondary N) is 3. The van der Waals surface area contributed by atoms with E-state index in [9.17, 15) is 27.6 Å². The van der Waals surface area contributed by atoms with Gasteiger partial charge in [-0.1, -0.05) is 6.08 Å². The van der Waals surface area contributed by atoms with E-state index in [1.807, 2.05) is 5.32 Å². The first-order valence-corrected chi connectivity index (χ1v) is 11.2. The summed E-state index contributed by atoms with van der Waals surface area (Å²) in [6, 6.07) is -0.860. The van der Waals surface area contributed by atoms with Gasteiger partial charge in [0.2, 0.25) is 21.8 Å². The van der Waals surface area contributed by atoms with Gasteiger partial charge in [-0.3, -0.25) is 19.1 Å². The fourth-order valence-corrected chi connectivity index (χ4v) is 5.02. The molecule has 4 N–H and O–H groups in total. The number of nitrogens with zero attached hydrogens (tertiary/aromatic N) is 1. The molecular formula is C18H26N4O7S. The lowest BCUT2D eigenvalue weighted by atomic mass is 10.1. The topological polar surface area (TPSA) is 162 Å². The Balaban J connectivity index is 1.69. The molecule has 0 radical (unpaired) electrons. The molecule has 3 fully saturated rings. The third kappa shape index (κ3) is 4.00. The van der Waals surface area contributed by atoms with Gasteiger partial charge in [-0.25, -0.2) is 13.2 Å². The summed E-state index contributed by atoms with van der Waals surface area (Å²) in [5, 5.41) is 13.3. The van der Waals surface area contributed by atoms with Gasteiger partial charge in [0.05, 0.1) is 4.75 Å². The zero-order chi connectivity index (χ0) is 22.3. The third-order valence-corrected chi connectivity index (χ3v) is 8.31. The van der Waals surface area contributed by atoms with Crippen molar-refractivity contribution in [2.75, 3.05) is 13.1 Å². The van der Waals surface area contributed by atoms with Gasteiger partial charge in [0.1, 0.15) is 18.1 Å². The van der Waals surface area contributed by atoms with Crippen LogP contribution in [0.15, 0.2) is 12.7 Å². The minimum Gasteiger partial charge on any atom is -0.465 e.